The SMILES string of the molecule is CCOC(=O)[C@@H]1C(=O)NC(N2CCN(c3ncccn3)CC2)=N[C@@H]1c1ccc(OC)c(OC)c1. The molecule has 0 spiro atoms. The molecule has 3 heterocycles. The van der Waals surface area contributed by atoms with Crippen LogP contribution in [0.3, 0.4) is 0 Å². The highest BCUT2D eigenvalue weighted by atomic mass is 16.5. The maximum Gasteiger partial charge on any atom is 0.321 e. The quantitative estimate of drug-likeness (QED) is 0.490. The normalized spacial score (nSPS) is 20.3. The topological polar surface area (TPSA) is 118 Å². The highest BCUT2D eigenvalue weighted by molar-refractivity contribution is 6.08. The summed E-state index contributed by atoms with van der Waals surface area (Å²) in [5.74, 6) is -0.0442. The van der Waals surface area contributed by atoms with E-state index in [0.29, 0.717) is 55.1 Å². The first-order valence-electron chi connectivity index (χ1n) is 11.1. The van der Waals surface area contributed by atoms with Crippen LogP contribution in [0, 0.1) is 5.92 Å². The molecule has 1 amide bonds. The van der Waals surface area contributed by atoms with Gasteiger partial charge in [0.15, 0.2) is 17.4 Å². The van der Waals surface area contributed by atoms with Gasteiger partial charge in [-0.05, 0) is 30.7 Å². The minimum Gasteiger partial charge on any atom is -0.493 e. The molecule has 0 saturated carbocycles. The van der Waals surface area contributed by atoms with E-state index >= 15 is 0 Å². The number of esters is 1. The number of rotatable bonds is 6. The van der Waals surface area contributed by atoms with Crippen LogP contribution in [0.25, 0.3) is 0 Å². The Morgan fingerprint density at radius 2 is 1.74 bits per heavy atom. The Labute approximate surface area is 197 Å². The van der Waals surface area contributed by atoms with Crippen molar-refractivity contribution in [3.8, 4) is 11.5 Å². The van der Waals surface area contributed by atoms with E-state index in [-0.39, 0.29) is 6.61 Å². The van der Waals surface area contributed by atoms with Crippen LogP contribution in [0.15, 0.2) is 41.7 Å². The van der Waals surface area contributed by atoms with E-state index in [1.807, 2.05) is 4.90 Å². The smallest absolute Gasteiger partial charge is 0.321 e. The average molecular weight is 469 g/mol. The number of nitrogens with one attached hydrogen (secondary N) is 1. The summed E-state index contributed by atoms with van der Waals surface area (Å²) in [6.07, 6.45) is 3.42. The molecule has 0 aliphatic carbocycles. The summed E-state index contributed by atoms with van der Waals surface area (Å²) in [4.78, 5) is 43.3. The molecule has 2 atom stereocenters. The van der Waals surface area contributed by atoms with Crippen molar-refractivity contribution in [1.29, 1.82) is 0 Å². The van der Waals surface area contributed by atoms with Crippen molar-refractivity contribution in [3.63, 3.8) is 0 Å². The number of aromatic nitrogens is 2. The van der Waals surface area contributed by atoms with Gasteiger partial charge in [0.25, 0.3) is 0 Å². The molecule has 0 radical (unpaired) electrons. The predicted octanol–water partition coefficient (Wildman–Crippen LogP) is 1.02. The van der Waals surface area contributed by atoms with Crippen LogP contribution in [-0.2, 0) is 14.3 Å². The van der Waals surface area contributed by atoms with E-state index in [0.717, 1.165) is 0 Å². The molecule has 34 heavy (non-hydrogen) atoms. The molecule has 180 valence electrons. The number of anilines is 1. The van der Waals surface area contributed by atoms with Crippen LogP contribution < -0.4 is 19.7 Å². The number of hydrogen-bond acceptors (Lipinski definition) is 10. The minimum atomic E-state index is -1.11. The maximum absolute atomic E-state index is 13.1. The number of guanidine groups is 1. The molecule has 0 unspecified atom stereocenters. The summed E-state index contributed by atoms with van der Waals surface area (Å²) in [5, 5.41) is 2.81. The van der Waals surface area contributed by atoms with E-state index in [2.05, 4.69) is 20.2 Å². The lowest BCUT2D eigenvalue weighted by Crippen LogP contribution is -2.57. The van der Waals surface area contributed by atoms with Crippen LogP contribution in [0.5, 0.6) is 11.5 Å². The van der Waals surface area contributed by atoms with Crippen molar-refractivity contribution in [1.82, 2.24) is 20.2 Å². The lowest BCUT2D eigenvalue weighted by molar-refractivity contribution is -0.153. The van der Waals surface area contributed by atoms with Crippen molar-refractivity contribution in [2.24, 2.45) is 10.9 Å². The molecule has 1 saturated heterocycles. The van der Waals surface area contributed by atoms with Gasteiger partial charge >= 0.3 is 5.97 Å². The monoisotopic (exact) mass is 468 g/mol. The molecule has 2 aliphatic rings. The Morgan fingerprint density at radius 1 is 1.06 bits per heavy atom. The van der Waals surface area contributed by atoms with E-state index in [1.54, 1.807) is 50.7 Å². The van der Waals surface area contributed by atoms with E-state index in [1.165, 1.54) is 7.11 Å². The number of nitrogens with zero attached hydrogens (tertiary/aromatic N) is 5. The van der Waals surface area contributed by atoms with Crippen molar-refractivity contribution >= 4 is 23.8 Å². The molecular formula is C23H28N6O5. The van der Waals surface area contributed by atoms with Crippen LogP contribution in [0.1, 0.15) is 18.5 Å². The highest BCUT2D eigenvalue weighted by Crippen LogP contribution is 2.36. The fraction of sp³-hybridized carbons (Fsp3) is 0.435. The Bertz CT molecular complexity index is 1060. The number of aliphatic imine (C=N–C) groups is 1. The van der Waals surface area contributed by atoms with Crippen molar-refractivity contribution in [2.45, 2.75) is 13.0 Å². The first-order valence-corrected chi connectivity index (χ1v) is 11.1. The second-order valence-electron chi connectivity index (χ2n) is 7.75. The number of ether oxygens (including phenoxy) is 3. The fourth-order valence-electron chi connectivity index (χ4n) is 4.08. The van der Waals surface area contributed by atoms with Crippen molar-refractivity contribution in [3.05, 3.63) is 42.2 Å². The van der Waals surface area contributed by atoms with Crippen molar-refractivity contribution in [2.75, 3.05) is 51.9 Å². The molecule has 11 heteroatoms. The molecule has 2 aliphatic heterocycles. The van der Waals surface area contributed by atoms with Gasteiger partial charge in [-0.3, -0.25) is 14.9 Å². The minimum absolute atomic E-state index is 0.168. The van der Waals surface area contributed by atoms with E-state index < -0.39 is 23.8 Å². The van der Waals surface area contributed by atoms with Gasteiger partial charge in [-0.15, -0.1) is 0 Å². The molecule has 0 bridgehead atoms. The Hall–Kier alpha value is -3.89. The third kappa shape index (κ3) is 4.73. The molecule has 4 rings (SSSR count). The summed E-state index contributed by atoms with van der Waals surface area (Å²) in [6, 6.07) is 6.26. The molecule has 2 aromatic rings. The van der Waals surface area contributed by atoms with Gasteiger partial charge in [-0.25, -0.2) is 15.0 Å². The Morgan fingerprint density at radius 3 is 2.38 bits per heavy atom. The molecule has 1 fully saturated rings. The van der Waals surface area contributed by atoms with Gasteiger partial charge in [0.05, 0.1) is 20.8 Å². The number of piperazine rings is 1. The Balaban J connectivity index is 1.61. The molecular weight excluding hydrogens is 440 g/mol. The van der Waals surface area contributed by atoms with Gasteiger partial charge in [-0.2, -0.15) is 0 Å². The maximum atomic E-state index is 13.1. The van der Waals surface area contributed by atoms with Crippen LogP contribution in [0.2, 0.25) is 0 Å². The summed E-state index contributed by atoms with van der Waals surface area (Å²) in [6.45, 7) is 4.43. The van der Waals surface area contributed by atoms with Crippen LogP contribution in [0.4, 0.5) is 5.95 Å². The lowest BCUT2D eigenvalue weighted by Gasteiger charge is -2.38. The molecule has 1 aromatic heterocycles. The first-order chi connectivity index (χ1) is 16.5. The van der Waals surface area contributed by atoms with Gasteiger partial charge < -0.3 is 24.0 Å². The van der Waals surface area contributed by atoms with E-state index in [4.69, 9.17) is 19.2 Å². The van der Waals surface area contributed by atoms with Gasteiger partial charge in [0, 0.05) is 38.6 Å². The molecule has 1 N–H and O–H groups in total. The highest BCUT2D eigenvalue weighted by Gasteiger charge is 2.42. The number of carbonyl (C=O) groups excluding carboxylic acids is 2. The zero-order valence-corrected chi connectivity index (χ0v) is 19.4. The molecule has 11 nitrogen and oxygen atoms in total. The summed E-state index contributed by atoms with van der Waals surface area (Å²) >= 11 is 0. The Kier molecular flexibility index (Phi) is 7.09. The number of carbonyl (C=O) groups is 2. The zero-order chi connectivity index (χ0) is 24.1. The number of methoxy groups -OCH3 is 2. The van der Waals surface area contributed by atoms with Crippen LogP contribution in [-0.4, -0.2) is 79.7 Å². The average Bonchev–Trinajstić information content (AvgIpc) is 2.88. The summed E-state index contributed by atoms with van der Waals surface area (Å²) in [7, 11) is 3.08. The van der Waals surface area contributed by atoms with Crippen molar-refractivity contribution < 1.29 is 23.8 Å². The van der Waals surface area contributed by atoms with Crippen LogP contribution >= 0.6 is 0 Å². The van der Waals surface area contributed by atoms with Gasteiger partial charge in [-0.1, -0.05) is 6.07 Å². The van der Waals surface area contributed by atoms with Gasteiger partial charge in [0.2, 0.25) is 17.8 Å². The summed E-state index contributed by atoms with van der Waals surface area (Å²) < 4.78 is 15.9. The largest absolute Gasteiger partial charge is 0.493 e. The lowest BCUT2D eigenvalue weighted by atomic mass is 9.91. The number of amides is 1. The third-order valence-corrected chi connectivity index (χ3v) is 5.80. The number of hydrogen-bond donors (Lipinski definition) is 1. The predicted molar refractivity (Wildman–Crippen MR) is 124 cm³/mol. The standard InChI is InChI=1S/C23H28N6O5/c1-4-34-21(31)18-19(15-6-7-16(32-2)17(14-15)33-3)26-23(27-20(18)30)29-12-10-28(11-13-29)22-24-8-5-9-25-22/h5-9,14,18-19H,4,10-13H2,1-3H3,(H,26,27,30)/t18-,19+/m0/s1. The van der Waals surface area contributed by atoms with Gasteiger partial charge in [0.1, 0.15) is 6.04 Å². The third-order valence-electron chi connectivity index (χ3n) is 5.80. The van der Waals surface area contributed by atoms with E-state index in [9.17, 15) is 9.59 Å². The first kappa shape index (κ1) is 23.3. The molecule has 1 aromatic carbocycles. The summed E-state index contributed by atoms with van der Waals surface area (Å²) in [5.41, 5.74) is 0.652. The second-order valence-corrected chi connectivity index (χ2v) is 7.75. The fourth-order valence-corrected chi connectivity index (χ4v) is 4.08. The zero-order valence-electron chi connectivity index (χ0n) is 19.4. The number of benzene rings is 1. The second kappa shape index (κ2) is 10.4.